The van der Waals surface area contributed by atoms with Crippen LogP contribution in [-0.2, 0) is 0 Å². The van der Waals surface area contributed by atoms with Crippen LogP contribution in [0.4, 0.5) is 5.69 Å². The number of nitrogens with zero attached hydrogens (tertiary/aromatic N) is 3. The first-order valence-electron chi connectivity index (χ1n) is 6.54. The molecule has 1 aromatic heterocycles. The highest BCUT2D eigenvalue weighted by Gasteiger charge is 2.40. The van der Waals surface area contributed by atoms with Crippen LogP contribution in [0, 0.1) is 10.7 Å². The molecule has 1 aliphatic carbocycles. The van der Waals surface area contributed by atoms with E-state index in [-0.39, 0.29) is 22.8 Å². The Morgan fingerprint density at radius 1 is 1.22 bits per heavy atom. The van der Waals surface area contributed by atoms with Crippen molar-refractivity contribution in [3.63, 3.8) is 0 Å². The Bertz CT molecular complexity index is 872. The van der Waals surface area contributed by atoms with Crippen LogP contribution in [0.25, 0.3) is 0 Å². The predicted molar refractivity (Wildman–Crippen MR) is 88.4 cm³/mol. The number of Topliss-reactive ketones (excluding diaryl/α,β-unsaturated/α-hetero) is 2. The third kappa shape index (κ3) is 2.89. The van der Waals surface area contributed by atoms with Crippen LogP contribution >= 0.6 is 23.4 Å². The average Bonchev–Trinajstić information content (AvgIpc) is 2.57. The average molecular weight is 342 g/mol. The Hall–Kier alpha value is -2.49. The second-order valence-electron chi connectivity index (χ2n) is 4.66. The van der Waals surface area contributed by atoms with Gasteiger partial charge < -0.3 is 0 Å². The predicted octanol–water partition coefficient (Wildman–Crippen LogP) is 3.47. The zero-order valence-corrected chi connectivity index (χ0v) is 13.1. The number of aliphatic imine (C=N–C) groups is 1. The first-order chi connectivity index (χ1) is 11.1. The fourth-order valence-corrected chi connectivity index (χ4v) is 2.94. The van der Waals surface area contributed by atoms with E-state index in [4.69, 9.17) is 16.9 Å². The number of rotatable bonds is 2. The second kappa shape index (κ2) is 6.32. The summed E-state index contributed by atoms with van der Waals surface area (Å²) in [6.45, 7) is 0. The number of carbonyl (C=O) groups is 2. The maximum atomic E-state index is 12.6. The third-order valence-corrected chi connectivity index (χ3v) is 4.28. The summed E-state index contributed by atoms with van der Waals surface area (Å²) in [5.74, 6) is -0.783. The molecule has 1 aliphatic rings. The number of ketones is 2. The van der Waals surface area contributed by atoms with Crippen molar-refractivity contribution in [1.29, 1.82) is 5.26 Å². The smallest absolute Gasteiger partial charge is 0.211 e. The van der Waals surface area contributed by atoms with E-state index in [9.17, 15) is 9.59 Å². The Morgan fingerprint density at radius 2 is 1.96 bits per heavy atom. The molecule has 0 bridgehead atoms. The standard InChI is InChI=1S/C16H8ClN3O2S/c17-9-3-5-10(6-4-9)20-13-14(21)11-2-1-7-19-12(11)15(22)16(13)23-8-18/h1-7,16H. The van der Waals surface area contributed by atoms with E-state index in [1.165, 1.54) is 12.3 Å². The number of thiocyanates is 1. The molecule has 112 valence electrons. The van der Waals surface area contributed by atoms with Gasteiger partial charge in [-0.3, -0.25) is 14.6 Å². The van der Waals surface area contributed by atoms with Crippen molar-refractivity contribution in [2.75, 3.05) is 0 Å². The summed E-state index contributed by atoms with van der Waals surface area (Å²) in [7, 11) is 0. The van der Waals surface area contributed by atoms with Gasteiger partial charge in [0.1, 0.15) is 22.1 Å². The van der Waals surface area contributed by atoms with Gasteiger partial charge in [0.05, 0.1) is 11.3 Å². The van der Waals surface area contributed by atoms with E-state index in [0.717, 1.165) is 0 Å². The van der Waals surface area contributed by atoms with Crippen LogP contribution in [0.15, 0.2) is 47.6 Å². The van der Waals surface area contributed by atoms with Crippen LogP contribution in [0.5, 0.6) is 0 Å². The highest BCUT2D eigenvalue weighted by Crippen LogP contribution is 2.28. The number of benzene rings is 1. The maximum Gasteiger partial charge on any atom is 0.211 e. The Morgan fingerprint density at radius 3 is 2.65 bits per heavy atom. The molecular weight excluding hydrogens is 334 g/mol. The van der Waals surface area contributed by atoms with Gasteiger partial charge in [0.2, 0.25) is 11.6 Å². The topological polar surface area (TPSA) is 83.2 Å². The summed E-state index contributed by atoms with van der Waals surface area (Å²) >= 11 is 6.52. The molecule has 1 aromatic carbocycles. The lowest BCUT2D eigenvalue weighted by molar-refractivity contribution is 0.0965. The second-order valence-corrected chi connectivity index (χ2v) is 5.98. The van der Waals surface area contributed by atoms with Crippen LogP contribution in [0.3, 0.4) is 0 Å². The summed E-state index contributed by atoms with van der Waals surface area (Å²) in [6, 6.07) is 9.67. The fourth-order valence-electron chi connectivity index (χ4n) is 2.22. The molecular formula is C16H8ClN3O2S. The minimum atomic E-state index is -0.981. The molecule has 1 atom stereocenters. The summed E-state index contributed by atoms with van der Waals surface area (Å²) in [4.78, 5) is 33.4. The molecule has 0 amide bonds. The van der Waals surface area contributed by atoms with Gasteiger partial charge in [0.25, 0.3) is 0 Å². The molecule has 3 rings (SSSR count). The van der Waals surface area contributed by atoms with E-state index in [2.05, 4.69) is 9.98 Å². The summed E-state index contributed by atoms with van der Waals surface area (Å²) < 4.78 is 0. The molecule has 0 N–H and O–H groups in total. The van der Waals surface area contributed by atoms with Gasteiger partial charge in [-0.15, -0.1) is 0 Å². The highest BCUT2D eigenvalue weighted by molar-refractivity contribution is 8.05. The lowest BCUT2D eigenvalue weighted by atomic mass is 9.91. The molecule has 0 fully saturated rings. The molecule has 23 heavy (non-hydrogen) atoms. The van der Waals surface area contributed by atoms with Crippen LogP contribution in [0.1, 0.15) is 20.8 Å². The van der Waals surface area contributed by atoms with Gasteiger partial charge in [0, 0.05) is 11.2 Å². The fraction of sp³-hybridized carbons (Fsp3) is 0.0625. The van der Waals surface area contributed by atoms with Crippen molar-refractivity contribution in [2.24, 2.45) is 4.99 Å². The number of halogens is 1. The number of fused-ring (bicyclic) bond motifs is 1. The van der Waals surface area contributed by atoms with Gasteiger partial charge in [-0.2, -0.15) is 5.26 Å². The molecule has 0 saturated heterocycles. The van der Waals surface area contributed by atoms with Crippen molar-refractivity contribution < 1.29 is 9.59 Å². The van der Waals surface area contributed by atoms with E-state index in [1.54, 1.807) is 30.3 Å². The van der Waals surface area contributed by atoms with Crippen molar-refractivity contribution >= 4 is 46.3 Å². The van der Waals surface area contributed by atoms with Gasteiger partial charge in [-0.25, -0.2) is 4.99 Å². The number of carbonyl (C=O) groups excluding carboxylic acids is 2. The Kier molecular flexibility index (Phi) is 4.24. The van der Waals surface area contributed by atoms with E-state index in [1.807, 2.05) is 5.40 Å². The first kappa shape index (κ1) is 15.4. The third-order valence-electron chi connectivity index (χ3n) is 3.25. The normalized spacial score (nSPS) is 18.6. The monoisotopic (exact) mass is 341 g/mol. The van der Waals surface area contributed by atoms with Gasteiger partial charge in [0.15, 0.2) is 0 Å². The molecule has 0 aliphatic heterocycles. The molecule has 0 spiro atoms. The van der Waals surface area contributed by atoms with Gasteiger partial charge in [-0.05, 0) is 48.2 Å². The molecule has 1 unspecified atom stereocenters. The van der Waals surface area contributed by atoms with E-state index < -0.39 is 11.0 Å². The summed E-state index contributed by atoms with van der Waals surface area (Å²) in [5.41, 5.74) is 0.811. The summed E-state index contributed by atoms with van der Waals surface area (Å²) in [5, 5.41) is 10.4. The van der Waals surface area contributed by atoms with Gasteiger partial charge in [-0.1, -0.05) is 11.6 Å². The lowest BCUT2D eigenvalue weighted by Gasteiger charge is -2.20. The lowest BCUT2D eigenvalue weighted by Crippen LogP contribution is -2.39. The number of nitriles is 1. The summed E-state index contributed by atoms with van der Waals surface area (Å²) in [6.07, 6.45) is 1.44. The van der Waals surface area contributed by atoms with Crippen LogP contribution in [0.2, 0.25) is 5.02 Å². The largest absolute Gasteiger partial charge is 0.291 e. The Labute approximate surface area is 141 Å². The molecule has 1 heterocycles. The minimum Gasteiger partial charge on any atom is -0.291 e. The van der Waals surface area contributed by atoms with E-state index >= 15 is 0 Å². The minimum absolute atomic E-state index is 0.0318. The maximum absolute atomic E-state index is 12.6. The van der Waals surface area contributed by atoms with Crippen LogP contribution < -0.4 is 0 Å². The molecule has 5 nitrogen and oxygen atoms in total. The number of hydrogen-bond donors (Lipinski definition) is 0. The van der Waals surface area contributed by atoms with Gasteiger partial charge >= 0.3 is 0 Å². The molecule has 7 heteroatoms. The van der Waals surface area contributed by atoms with E-state index in [0.29, 0.717) is 22.5 Å². The number of hydrogen-bond acceptors (Lipinski definition) is 6. The molecule has 0 saturated carbocycles. The number of thioether (sulfide) groups is 1. The highest BCUT2D eigenvalue weighted by atomic mass is 35.5. The zero-order chi connectivity index (χ0) is 16.4. The number of aromatic nitrogens is 1. The van der Waals surface area contributed by atoms with Crippen molar-refractivity contribution in [1.82, 2.24) is 4.98 Å². The van der Waals surface area contributed by atoms with Crippen molar-refractivity contribution in [3.05, 3.63) is 58.9 Å². The molecule has 0 radical (unpaired) electrons. The molecule has 2 aromatic rings. The number of pyridine rings is 1. The zero-order valence-electron chi connectivity index (χ0n) is 11.6. The van der Waals surface area contributed by atoms with Crippen molar-refractivity contribution in [3.8, 4) is 5.40 Å². The SMILES string of the molecule is N#CSC1C(=O)c2ncccc2C(=O)C1=Nc1ccc(Cl)cc1. The van der Waals surface area contributed by atoms with Crippen LogP contribution in [-0.4, -0.2) is 27.5 Å². The Balaban J connectivity index is 2.14. The van der Waals surface area contributed by atoms with Crippen molar-refractivity contribution in [2.45, 2.75) is 5.25 Å². The first-order valence-corrected chi connectivity index (χ1v) is 7.80. The quantitative estimate of drug-likeness (QED) is 0.781.